The van der Waals surface area contributed by atoms with Gasteiger partial charge in [-0.3, -0.25) is 9.69 Å². The lowest BCUT2D eigenvalue weighted by molar-refractivity contribution is -0.122. The predicted molar refractivity (Wildman–Crippen MR) is 71.0 cm³/mol. The molecule has 0 aromatic carbocycles. The second kappa shape index (κ2) is 5.82. The van der Waals surface area contributed by atoms with E-state index in [1.165, 1.54) is 0 Å². The Morgan fingerprint density at radius 2 is 2.50 bits per heavy atom. The smallest absolute Gasteiger partial charge is 0.234 e. The molecule has 0 spiro atoms. The topological polar surface area (TPSA) is 71.2 Å². The lowest BCUT2D eigenvalue weighted by Crippen LogP contribution is -2.39. The molecule has 98 valence electrons. The first-order chi connectivity index (χ1) is 8.72. The average Bonchev–Trinajstić information content (AvgIpc) is 2.80. The van der Waals surface area contributed by atoms with Crippen molar-refractivity contribution in [1.29, 1.82) is 0 Å². The molecule has 0 bridgehead atoms. The fourth-order valence-corrected chi connectivity index (χ4v) is 2.45. The first-order valence-corrected chi connectivity index (χ1v) is 6.43. The van der Waals surface area contributed by atoms with E-state index >= 15 is 0 Å². The van der Waals surface area contributed by atoms with Gasteiger partial charge in [-0.1, -0.05) is 6.07 Å². The summed E-state index contributed by atoms with van der Waals surface area (Å²) in [5.74, 6) is 0.677. The zero-order valence-electron chi connectivity index (χ0n) is 10.7. The van der Waals surface area contributed by atoms with Gasteiger partial charge >= 0.3 is 0 Å². The zero-order valence-corrected chi connectivity index (χ0v) is 10.7. The van der Waals surface area contributed by atoms with Gasteiger partial charge in [0.25, 0.3) is 0 Å². The number of nitrogens with zero attached hydrogens (tertiary/aromatic N) is 2. The molecule has 0 saturated carbocycles. The van der Waals surface area contributed by atoms with E-state index in [0.717, 1.165) is 43.9 Å². The summed E-state index contributed by atoms with van der Waals surface area (Å²) in [5, 5.41) is 3.24. The molecule has 3 N–H and O–H groups in total. The van der Waals surface area contributed by atoms with Crippen molar-refractivity contribution >= 4 is 11.7 Å². The SMILES string of the molecule is CCNc1ncccc1CN1CCCC1C(N)=O. The summed E-state index contributed by atoms with van der Waals surface area (Å²) in [6.07, 6.45) is 3.67. The van der Waals surface area contributed by atoms with Gasteiger partial charge < -0.3 is 11.1 Å². The van der Waals surface area contributed by atoms with E-state index in [9.17, 15) is 4.79 Å². The number of pyridine rings is 1. The van der Waals surface area contributed by atoms with Crippen molar-refractivity contribution in [1.82, 2.24) is 9.88 Å². The first kappa shape index (κ1) is 12.8. The maximum atomic E-state index is 11.4. The number of hydrogen-bond donors (Lipinski definition) is 2. The summed E-state index contributed by atoms with van der Waals surface area (Å²) in [6, 6.07) is 3.84. The maximum Gasteiger partial charge on any atom is 0.234 e. The van der Waals surface area contributed by atoms with Crippen LogP contribution in [-0.4, -0.2) is 34.9 Å². The third kappa shape index (κ3) is 2.79. The molecule has 1 aromatic rings. The summed E-state index contributed by atoms with van der Waals surface area (Å²) >= 11 is 0. The van der Waals surface area contributed by atoms with Crippen LogP contribution in [0, 0.1) is 0 Å². The molecule has 18 heavy (non-hydrogen) atoms. The molecule has 1 unspecified atom stereocenters. The van der Waals surface area contributed by atoms with Crippen LogP contribution in [0.2, 0.25) is 0 Å². The van der Waals surface area contributed by atoms with Crippen LogP contribution in [0.15, 0.2) is 18.3 Å². The van der Waals surface area contributed by atoms with Crippen molar-refractivity contribution < 1.29 is 4.79 Å². The second-order valence-corrected chi connectivity index (χ2v) is 4.57. The molecule has 5 nitrogen and oxygen atoms in total. The number of primary amides is 1. The number of nitrogens with one attached hydrogen (secondary N) is 1. The standard InChI is InChI=1S/C13H20N4O/c1-2-15-13-10(5-3-7-16-13)9-17-8-4-6-11(17)12(14)18/h3,5,7,11H,2,4,6,8-9H2,1H3,(H2,14,18)(H,15,16). The van der Waals surface area contributed by atoms with Gasteiger partial charge in [-0.2, -0.15) is 0 Å². The lowest BCUT2D eigenvalue weighted by atomic mass is 10.2. The quantitative estimate of drug-likeness (QED) is 0.814. The molecular formula is C13H20N4O. The van der Waals surface area contributed by atoms with Crippen LogP contribution in [0.25, 0.3) is 0 Å². The Kier molecular flexibility index (Phi) is 4.15. The number of carbonyl (C=O) groups is 1. The van der Waals surface area contributed by atoms with E-state index in [0.29, 0.717) is 0 Å². The Labute approximate surface area is 107 Å². The van der Waals surface area contributed by atoms with Gasteiger partial charge in [0.2, 0.25) is 5.91 Å². The summed E-state index contributed by atoms with van der Waals surface area (Å²) in [5.41, 5.74) is 6.54. The minimum Gasteiger partial charge on any atom is -0.370 e. The van der Waals surface area contributed by atoms with Crippen molar-refractivity contribution in [3.8, 4) is 0 Å². The highest BCUT2D eigenvalue weighted by Crippen LogP contribution is 2.22. The van der Waals surface area contributed by atoms with Gasteiger partial charge in [0, 0.05) is 24.8 Å². The van der Waals surface area contributed by atoms with E-state index in [4.69, 9.17) is 5.73 Å². The van der Waals surface area contributed by atoms with Crippen LogP contribution in [0.5, 0.6) is 0 Å². The Balaban J connectivity index is 2.11. The summed E-state index contributed by atoms with van der Waals surface area (Å²) in [4.78, 5) is 17.8. The van der Waals surface area contributed by atoms with Crippen LogP contribution < -0.4 is 11.1 Å². The Hall–Kier alpha value is -1.62. The second-order valence-electron chi connectivity index (χ2n) is 4.57. The molecule has 1 atom stereocenters. The molecule has 0 radical (unpaired) electrons. The molecule has 1 saturated heterocycles. The average molecular weight is 248 g/mol. The van der Waals surface area contributed by atoms with E-state index in [1.54, 1.807) is 6.20 Å². The molecule has 1 fully saturated rings. The zero-order chi connectivity index (χ0) is 13.0. The molecule has 5 heteroatoms. The van der Waals surface area contributed by atoms with E-state index < -0.39 is 0 Å². The van der Waals surface area contributed by atoms with Crippen LogP contribution in [0.1, 0.15) is 25.3 Å². The van der Waals surface area contributed by atoms with Crippen molar-refractivity contribution in [3.63, 3.8) is 0 Å². The van der Waals surface area contributed by atoms with Crippen LogP contribution in [-0.2, 0) is 11.3 Å². The van der Waals surface area contributed by atoms with Gasteiger partial charge in [0.15, 0.2) is 0 Å². The van der Waals surface area contributed by atoms with Gasteiger partial charge in [0.1, 0.15) is 5.82 Å². The van der Waals surface area contributed by atoms with E-state index in [-0.39, 0.29) is 11.9 Å². The largest absolute Gasteiger partial charge is 0.370 e. The Bertz CT molecular complexity index is 421. The van der Waals surface area contributed by atoms with Crippen molar-refractivity contribution in [3.05, 3.63) is 23.9 Å². The molecule has 1 aliphatic heterocycles. The van der Waals surface area contributed by atoms with Crippen LogP contribution in [0.4, 0.5) is 5.82 Å². The third-order valence-electron chi connectivity index (χ3n) is 3.30. The number of rotatable bonds is 5. The summed E-state index contributed by atoms with van der Waals surface area (Å²) < 4.78 is 0. The molecule has 1 aromatic heterocycles. The van der Waals surface area contributed by atoms with Crippen LogP contribution >= 0.6 is 0 Å². The highest BCUT2D eigenvalue weighted by Gasteiger charge is 2.29. The fraction of sp³-hybridized carbons (Fsp3) is 0.538. The minimum atomic E-state index is -0.221. The van der Waals surface area contributed by atoms with Crippen molar-refractivity contribution in [2.45, 2.75) is 32.4 Å². The molecular weight excluding hydrogens is 228 g/mol. The van der Waals surface area contributed by atoms with Gasteiger partial charge in [-0.05, 0) is 32.4 Å². The Morgan fingerprint density at radius 1 is 1.67 bits per heavy atom. The minimum absolute atomic E-state index is 0.125. The van der Waals surface area contributed by atoms with Crippen molar-refractivity contribution in [2.24, 2.45) is 5.73 Å². The number of hydrogen-bond acceptors (Lipinski definition) is 4. The first-order valence-electron chi connectivity index (χ1n) is 6.43. The van der Waals surface area contributed by atoms with E-state index in [2.05, 4.69) is 15.2 Å². The Morgan fingerprint density at radius 3 is 3.22 bits per heavy atom. The lowest BCUT2D eigenvalue weighted by Gasteiger charge is -2.22. The highest BCUT2D eigenvalue weighted by molar-refractivity contribution is 5.80. The van der Waals surface area contributed by atoms with Crippen LogP contribution in [0.3, 0.4) is 0 Å². The highest BCUT2D eigenvalue weighted by atomic mass is 16.1. The third-order valence-corrected chi connectivity index (χ3v) is 3.30. The number of carbonyl (C=O) groups excluding carboxylic acids is 1. The fourth-order valence-electron chi connectivity index (χ4n) is 2.45. The molecule has 1 aliphatic rings. The number of anilines is 1. The monoisotopic (exact) mass is 248 g/mol. The van der Waals surface area contributed by atoms with Gasteiger partial charge in [-0.15, -0.1) is 0 Å². The maximum absolute atomic E-state index is 11.4. The molecule has 1 amide bonds. The number of nitrogens with two attached hydrogens (primary N) is 1. The molecule has 0 aliphatic carbocycles. The number of aromatic nitrogens is 1. The van der Waals surface area contributed by atoms with Gasteiger partial charge in [-0.25, -0.2) is 4.98 Å². The predicted octanol–water partition coefficient (Wildman–Crippen LogP) is 0.963. The summed E-state index contributed by atoms with van der Waals surface area (Å²) in [7, 11) is 0. The molecule has 2 rings (SSSR count). The van der Waals surface area contributed by atoms with E-state index in [1.807, 2.05) is 19.1 Å². The number of amides is 1. The van der Waals surface area contributed by atoms with Crippen molar-refractivity contribution in [2.75, 3.05) is 18.4 Å². The summed E-state index contributed by atoms with van der Waals surface area (Å²) in [6.45, 7) is 4.53. The number of likely N-dealkylation sites (tertiary alicyclic amines) is 1. The normalized spacial score (nSPS) is 19.9. The molecule has 2 heterocycles. The van der Waals surface area contributed by atoms with Gasteiger partial charge in [0.05, 0.1) is 6.04 Å².